The van der Waals surface area contributed by atoms with Gasteiger partial charge in [0, 0.05) is 25.4 Å². The number of carbonyl (C=O) groups is 3. The van der Waals surface area contributed by atoms with Crippen LogP contribution in [0.4, 0.5) is 0 Å². The lowest BCUT2D eigenvalue weighted by molar-refractivity contribution is -0.154. The zero-order chi connectivity index (χ0) is 15.4. The molecule has 21 heavy (non-hydrogen) atoms. The molecule has 1 aliphatic carbocycles. The lowest BCUT2D eigenvalue weighted by atomic mass is 10.0. The molecule has 1 saturated heterocycles. The zero-order valence-corrected chi connectivity index (χ0v) is 12.8. The molecule has 1 aliphatic heterocycles. The number of rotatable bonds is 5. The van der Waals surface area contributed by atoms with E-state index in [1.54, 1.807) is 4.90 Å². The van der Waals surface area contributed by atoms with Crippen molar-refractivity contribution in [2.45, 2.75) is 45.1 Å². The van der Waals surface area contributed by atoms with E-state index in [4.69, 9.17) is 4.74 Å². The van der Waals surface area contributed by atoms with Crippen molar-refractivity contribution in [3.63, 3.8) is 0 Å². The molecule has 0 aromatic rings. The second-order valence-corrected chi connectivity index (χ2v) is 5.98. The van der Waals surface area contributed by atoms with E-state index in [1.807, 2.05) is 6.92 Å². The van der Waals surface area contributed by atoms with E-state index in [2.05, 4.69) is 5.32 Å². The van der Waals surface area contributed by atoms with Crippen molar-refractivity contribution in [1.29, 1.82) is 0 Å². The molecule has 2 unspecified atom stereocenters. The van der Waals surface area contributed by atoms with Crippen LogP contribution in [0.15, 0.2) is 0 Å². The van der Waals surface area contributed by atoms with Gasteiger partial charge in [-0.25, -0.2) is 4.79 Å². The van der Waals surface area contributed by atoms with Crippen molar-refractivity contribution in [3.05, 3.63) is 0 Å². The number of carbonyl (C=O) groups excluding carboxylic acids is 3. The van der Waals surface area contributed by atoms with Crippen molar-refractivity contribution in [2.75, 3.05) is 20.2 Å². The number of hydrogen-bond donors (Lipinski definition) is 1. The van der Waals surface area contributed by atoms with Crippen LogP contribution in [0.1, 0.15) is 39.0 Å². The van der Waals surface area contributed by atoms with Crippen molar-refractivity contribution >= 4 is 17.8 Å². The van der Waals surface area contributed by atoms with E-state index < -0.39 is 6.04 Å². The SMILES string of the molecule is COC(=O)[C@H]1CCCCN1C(=O)CCNC(=O)C1CC1C. The van der Waals surface area contributed by atoms with Crippen LogP contribution < -0.4 is 5.32 Å². The van der Waals surface area contributed by atoms with Gasteiger partial charge in [-0.1, -0.05) is 6.92 Å². The smallest absolute Gasteiger partial charge is 0.328 e. The maximum absolute atomic E-state index is 12.2. The lowest BCUT2D eigenvalue weighted by Gasteiger charge is -2.33. The predicted octanol–water partition coefficient (Wildman–Crippen LogP) is 0.703. The van der Waals surface area contributed by atoms with Crippen molar-refractivity contribution in [3.8, 4) is 0 Å². The first-order chi connectivity index (χ1) is 10.0. The molecule has 1 N–H and O–H groups in total. The standard InChI is InChI=1S/C15H24N2O4/c1-10-9-11(10)14(19)16-7-6-13(18)17-8-4-3-5-12(17)15(20)21-2/h10-12H,3-9H2,1-2H3,(H,16,19)/t10?,11?,12-/m1/s1. The third kappa shape index (κ3) is 3.95. The number of esters is 1. The van der Waals surface area contributed by atoms with Gasteiger partial charge in [0.05, 0.1) is 7.11 Å². The topological polar surface area (TPSA) is 75.7 Å². The third-order valence-corrected chi connectivity index (χ3v) is 4.38. The molecule has 0 radical (unpaired) electrons. The summed E-state index contributed by atoms with van der Waals surface area (Å²) in [5.41, 5.74) is 0. The molecule has 1 saturated carbocycles. The van der Waals surface area contributed by atoms with E-state index in [0.717, 1.165) is 19.3 Å². The van der Waals surface area contributed by atoms with Gasteiger partial charge in [0.15, 0.2) is 0 Å². The zero-order valence-electron chi connectivity index (χ0n) is 12.8. The summed E-state index contributed by atoms with van der Waals surface area (Å²) in [6.07, 6.45) is 3.67. The minimum Gasteiger partial charge on any atom is -0.467 e. The highest BCUT2D eigenvalue weighted by Crippen LogP contribution is 2.37. The Bertz CT molecular complexity index is 424. The molecule has 6 nitrogen and oxygen atoms in total. The van der Waals surface area contributed by atoms with Gasteiger partial charge in [0.1, 0.15) is 6.04 Å². The Labute approximate surface area is 125 Å². The first kappa shape index (κ1) is 15.8. The van der Waals surface area contributed by atoms with Crippen molar-refractivity contribution < 1.29 is 19.1 Å². The number of methoxy groups -OCH3 is 1. The summed E-state index contributed by atoms with van der Waals surface area (Å²) in [5, 5.41) is 2.80. The number of ether oxygens (including phenoxy) is 1. The van der Waals surface area contributed by atoms with Gasteiger partial charge in [-0.3, -0.25) is 9.59 Å². The minimum absolute atomic E-state index is 0.0402. The maximum atomic E-state index is 12.2. The molecule has 0 aromatic heterocycles. The van der Waals surface area contributed by atoms with Gasteiger partial charge >= 0.3 is 5.97 Å². The Kier molecular flexibility index (Phi) is 5.20. The largest absolute Gasteiger partial charge is 0.467 e. The highest BCUT2D eigenvalue weighted by molar-refractivity contribution is 5.85. The number of nitrogens with zero attached hydrogens (tertiary/aromatic N) is 1. The number of likely N-dealkylation sites (tertiary alicyclic amines) is 1. The number of hydrogen-bond acceptors (Lipinski definition) is 4. The Balaban J connectivity index is 1.78. The summed E-state index contributed by atoms with van der Waals surface area (Å²) in [4.78, 5) is 37.2. The Morgan fingerprint density at radius 3 is 2.62 bits per heavy atom. The van der Waals surface area contributed by atoms with E-state index >= 15 is 0 Å². The van der Waals surface area contributed by atoms with Crippen LogP contribution in [0, 0.1) is 11.8 Å². The van der Waals surface area contributed by atoms with E-state index in [0.29, 0.717) is 25.4 Å². The first-order valence-corrected chi connectivity index (χ1v) is 7.69. The summed E-state index contributed by atoms with van der Waals surface area (Å²) in [5.74, 6) is 0.191. The minimum atomic E-state index is -0.463. The van der Waals surface area contributed by atoms with Gasteiger partial charge in [-0.2, -0.15) is 0 Å². The van der Waals surface area contributed by atoms with Crippen LogP contribution in [0.3, 0.4) is 0 Å². The molecule has 0 spiro atoms. The molecule has 0 bridgehead atoms. The fourth-order valence-corrected chi connectivity index (χ4v) is 2.87. The average molecular weight is 296 g/mol. The van der Waals surface area contributed by atoms with Crippen molar-refractivity contribution in [2.24, 2.45) is 11.8 Å². The molecule has 2 rings (SSSR count). The molecule has 2 amide bonds. The fourth-order valence-electron chi connectivity index (χ4n) is 2.87. The highest BCUT2D eigenvalue weighted by atomic mass is 16.5. The molecule has 3 atom stereocenters. The lowest BCUT2D eigenvalue weighted by Crippen LogP contribution is -2.49. The maximum Gasteiger partial charge on any atom is 0.328 e. The molecule has 1 heterocycles. The summed E-state index contributed by atoms with van der Waals surface area (Å²) in [6, 6.07) is -0.463. The third-order valence-electron chi connectivity index (χ3n) is 4.38. The van der Waals surface area contributed by atoms with Crippen molar-refractivity contribution in [1.82, 2.24) is 10.2 Å². The summed E-state index contributed by atoms with van der Waals surface area (Å²) in [7, 11) is 1.34. The number of amides is 2. The Morgan fingerprint density at radius 2 is 2.00 bits per heavy atom. The van der Waals surface area contributed by atoms with E-state index in [1.165, 1.54) is 7.11 Å². The summed E-state index contributed by atoms with van der Waals surface area (Å²) in [6.45, 7) is 2.97. The molecular weight excluding hydrogens is 272 g/mol. The quantitative estimate of drug-likeness (QED) is 0.758. The van der Waals surface area contributed by atoms with Crippen LogP contribution in [-0.2, 0) is 19.1 Å². The molecule has 2 aliphatic rings. The van der Waals surface area contributed by atoms with Gasteiger partial charge in [-0.05, 0) is 31.6 Å². The number of nitrogens with one attached hydrogen (secondary N) is 1. The monoisotopic (exact) mass is 296 g/mol. The fraction of sp³-hybridized carbons (Fsp3) is 0.800. The Morgan fingerprint density at radius 1 is 1.29 bits per heavy atom. The van der Waals surface area contributed by atoms with Crippen LogP contribution in [0.25, 0.3) is 0 Å². The highest BCUT2D eigenvalue weighted by Gasteiger charge is 2.39. The average Bonchev–Trinajstić information content (AvgIpc) is 3.23. The summed E-state index contributed by atoms with van der Waals surface area (Å²) >= 11 is 0. The second-order valence-electron chi connectivity index (χ2n) is 5.98. The van der Waals surface area contributed by atoms with Crippen LogP contribution >= 0.6 is 0 Å². The molecule has 0 aromatic carbocycles. The van der Waals surface area contributed by atoms with Gasteiger partial charge in [-0.15, -0.1) is 0 Å². The van der Waals surface area contributed by atoms with E-state index in [9.17, 15) is 14.4 Å². The number of piperidine rings is 1. The molecular formula is C15H24N2O4. The molecule has 2 fully saturated rings. The van der Waals surface area contributed by atoms with Gasteiger partial charge < -0.3 is 15.0 Å². The molecule has 118 valence electrons. The van der Waals surface area contributed by atoms with Gasteiger partial charge in [0.25, 0.3) is 0 Å². The van der Waals surface area contributed by atoms with Gasteiger partial charge in [0.2, 0.25) is 11.8 Å². The Hall–Kier alpha value is -1.59. The summed E-state index contributed by atoms with van der Waals surface area (Å²) < 4.78 is 4.76. The van der Waals surface area contributed by atoms with Crippen LogP contribution in [0.5, 0.6) is 0 Å². The van der Waals surface area contributed by atoms with Crippen LogP contribution in [-0.4, -0.2) is 48.9 Å². The second kappa shape index (κ2) is 6.91. The predicted molar refractivity (Wildman–Crippen MR) is 76.3 cm³/mol. The normalized spacial score (nSPS) is 27.9. The van der Waals surface area contributed by atoms with E-state index in [-0.39, 0.29) is 30.1 Å². The first-order valence-electron chi connectivity index (χ1n) is 7.69. The molecule has 6 heteroatoms. The van der Waals surface area contributed by atoms with Crippen LogP contribution in [0.2, 0.25) is 0 Å².